The number of anilines is 1. The predicted molar refractivity (Wildman–Crippen MR) is 159 cm³/mol. The fourth-order valence-electron chi connectivity index (χ4n) is 5.25. The summed E-state index contributed by atoms with van der Waals surface area (Å²) < 4.78 is 15.1. The Kier molecular flexibility index (Phi) is 7.92. The number of hydrogen-bond acceptors (Lipinski definition) is 6. The van der Waals surface area contributed by atoms with E-state index in [1.165, 1.54) is 6.92 Å². The SMILES string of the molecule is CC(=O)c1cccc(NC(=O)c2cccc(C3OC(Cn4cnc5ccccc54)CC(c4ccc(CO)cc4)O3)c2)c1. The summed E-state index contributed by atoms with van der Waals surface area (Å²) >= 11 is 0. The molecule has 1 aromatic heterocycles. The molecule has 0 bridgehead atoms. The summed E-state index contributed by atoms with van der Waals surface area (Å²) in [5.74, 6) is -0.371. The quantitative estimate of drug-likeness (QED) is 0.218. The summed E-state index contributed by atoms with van der Waals surface area (Å²) in [5.41, 5.74) is 6.00. The lowest BCUT2D eigenvalue weighted by Gasteiger charge is -2.36. The molecule has 3 atom stereocenters. The molecule has 0 spiro atoms. The topological polar surface area (TPSA) is 103 Å². The lowest BCUT2D eigenvalue weighted by Crippen LogP contribution is -2.32. The fraction of sp³-hybridized carbons (Fsp3) is 0.206. The van der Waals surface area contributed by atoms with E-state index in [-0.39, 0.29) is 30.5 Å². The van der Waals surface area contributed by atoms with Gasteiger partial charge in [-0.3, -0.25) is 9.59 Å². The van der Waals surface area contributed by atoms with Gasteiger partial charge in [-0.1, -0.05) is 60.7 Å². The van der Waals surface area contributed by atoms with Crippen molar-refractivity contribution in [2.24, 2.45) is 0 Å². The van der Waals surface area contributed by atoms with Gasteiger partial charge in [-0.15, -0.1) is 0 Å². The van der Waals surface area contributed by atoms with Gasteiger partial charge in [0.25, 0.3) is 5.91 Å². The van der Waals surface area contributed by atoms with Crippen molar-refractivity contribution in [1.82, 2.24) is 9.55 Å². The van der Waals surface area contributed by atoms with Gasteiger partial charge in [0.2, 0.25) is 0 Å². The number of ether oxygens (including phenoxy) is 2. The molecule has 1 aliphatic heterocycles. The molecular formula is C34H31N3O5. The molecule has 4 aromatic carbocycles. The molecular weight excluding hydrogens is 530 g/mol. The number of aliphatic hydroxyl groups excluding tert-OH is 1. The zero-order chi connectivity index (χ0) is 29.1. The second-order valence-corrected chi connectivity index (χ2v) is 10.5. The molecule has 1 saturated heterocycles. The Bertz CT molecular complexity index is 1730. The van der Waals surface area contributed by atoms with Crippen LogP contribution in [0.4, 0.5) is 5.69 Å². The van der Waals surface area contributed by atoms with E-state index in [1.807, 2.05) is 60.9 Å². The summed E-state index contributed by atoms with van der Waals surface area (Å²) in [7, 11) is 0. The van der Waals surface area contributed by atoms with Crippen LogP contribution in [0, 0.1) is 0 Å². The minimum absolute atomic E-state index is 0.0260. The number of nitrogens with one attached hydrogen (secondary N) is 1. The Morgan fingerprint density at radius 2 is 1.69 bits per heavy atom. The number of fused-ring (bicyclic) bond motifs is 1. The lowest BCUT2D eigenvalue weighted by atomic mass is 9.99. The second kappa shape index (κ2) is 12.1. The molecule has 0 radical (unpaired) electrons. The molecule has 2 heterocycles. The molecule has 0 saturated carbocycles. The molecule has 1 amide bonds. The van der Waals surface area contributed by atoms with Gasteiger partial charge >= 0.3 is 0 Å². The van der Waals surface area contributed by atoms with E-state index in [2.05, 4.69) is 14.9 Å². The number of benzene rings is 4. The van der Waals surface area contributed by atoms with Crippen LogP contribution in [0.3, 0.4) is 0 Å². The zero-order valence-corrected chi connectivity index (χ0v) is 23.1. The number of hydrogen-bond donors (Lipinski definition) is 2. The molecule has 212 valence electrons. The summed E-state index contributed by atoms with van der Waals surface area (Å²) in [6.07, 6.45) is 1.28. The molecule has 5 aromatic rings. The Labute approximate surface area is 243 Å². The van der Waals surface area contributed by atoms with Gasteiger partial charge in [0.15, 0.2) is 12.1 Å². The molecule has 2 N–H and O–H groups in total. The number of para-hydroxylation sites is 2. The minimum Gasteiger partial charge on any atom is -0.392 e. The highest BCUT2D eigenvalue weighted by Gasteiger charge is 2.33. The highest BCUT2D eigenvalue weighted by Crippen LogP contribution is 2.39. The van der Waals surface area contributed by atoms with E-state index in [9.17, 15) is 14.7 Å². The smallest absolute Gasteiger partial charge is 0.255 e. The number of aromatic nitrogens is 2. The van der Waals surface area contributed by atoms with Crippen molar-refractivity contribution in [2.75, 3.05) is 5.32 Å². The van der Waals surface area contributed by atoms with Gasteiger partial charge in [-0.25, -0.2) is 4.98 Å². The first-order valence-electron chi connectivity index (χ1n) is 13.9. The molecule has 0 aliphatic carbocycles. The summed E-state index contributed by atoms with van der Waals surface area (Å²) in [6.45, 7) is 2.05. The average Bonchev–Trinajstić information content (AvgIpc) is 3.43. The number of carbonyl (C=O) groups excluding carboxylic acids is 2. The highest BCUT2D eigenvalue weighted by atomic mass is 16.7. The monoisotopic (exact) mass is 561 g/mol. The van der Waals surface area contributed by atoms with Crippen molar-refractivity contribution in [2.45, 2.75) is 45.0 Å². The minimum atomic E-state index is -0.713. The summed E-state index contributed by atoms with van der Waals surface area (Å²) in [4.78, 5) is 29.5. The van der Waals surface area contributed by atoms with Crippen LogP contribution >= 0.6 is 0 Å². The van der Waals surface area contributed by atoms with Gasteiger partial charge in [-0.05, 0) is 54.4 Å². The molecule has 8 nitrogen and oxygen atoms in total. The number of rotatable bonds is 8. The Morgan fingerprint density at radius 3 is 2.50 bits per heavy atom. The van der Waals surface area contributed by atoms with Crippen LogP contribution in [0.5, 0.6) is 0 Å². The lowest BCUT2D eigenvalue weighted by molar-refractivity contribution is -0.252. The fourth-order valence-corrected chi connectivity index (χ4v) is 5.25. The third-order valence-electron chi connectivity index (χ3n) is 7.49. The average molecular weight is 562 g/mol. The first kappa shape index (κ1) is 27.5. The van der Waals surface area contributed by atoms with E-state index in [4.69, 9.17) is 9.47 Å². The van der Waals surface area contributed by atoms with Crippen LogP contribution in [0.15, 0.2) is 103 Å². The van der Waals surface area contributed by atoms with E-state index < -0.39 is 6.29 Å². The van der Waals surface area contributed by atoms with Crippen LogP contribution in [-0.4, -0.2) is 32.5 Å². The van der Waals surface area contributed by atoms with E-state index >= 15 is 0 Å². The van der Waals surface area contributed by atoms with E-state index in [0.29, 0.717) is 29.8 Å². The Morgan fingerprint density at radius 1 is 0.905 bits per heavy atom. The van der Waals surface area contributed by atoms with Crippen LogP contribution in [0.1, 0.15) is 63.1 Å². The number of carbonyl (C=O) groups is 2. The first-order valence-corrected chi connectivity index (χ1v) is 13.9. The molecule has 8 heteroatoms. The van der Waals surface area contributed by atoms with E-state index in [0.717, 1.165) is 27.7 Å². The maximum absolute atomic E-state index is 13.2. The van der Waals surface area contributed by atoms with Crippen molar-refractivity contribution in [3.63, 3.8) is 0 Å². The van der Waals surface area contributed by atoms with Crippen LogP contribution in [-0.2, 0) is 22.6 Å². The van der Waals surface area contributed by atoms with E-state index in [1.54, 1.807) is 42.5 Å². The van der Waals surface area contributed by atoms with Gasteiger partial charge < -0.3 is 24.5 Å². The molecule has 1 aliphatic rings. The van der Waals surface area contributed by atoms with Gasteiger partial charge in [0.1, 0.15) is 0 Å². The van der Waals surface area contributed by atoms with Crippen molar-refractivity contribution in [1.29, 1.82) is 0 Å². The number of imidazole rings is 1. The van der Waals surface area contributed by atoms with Crippen LogP contribution < -0.4 is 5.32 Å². The third-order valence-corrected chi connectivity index (χ3v) is 7.49. The first-order chi connectivity index (χ1) is 20.5. The normalized spacial score (nSPS) is 18.6. The van der Waals surface area contributed by atoms with Gasteiger partial charge in [0.05, 0.1) is 42.7 Å². The number of aliphatic hydroxyl groups is 1. The van der Waals surface area contributed by atoms with Crippen LogP contribution in [0.25, 0.3) is 11.0 Å². The molecule has 3 unspecified atom stereocenters. The largest absolute Gasteiger partial charge is 0.392 e. The number of ketones is 1. The number of amides is 1. The van der Waals surface area contributed by atoms with Crippen LogP contribution in [0.2, 0.25) is 0 Å². The number of Topliss-reactive ketones (excluding diaryl/α,β-unsaturated/α-hetero) is 1. The maximum Gasteiger partial charge on any atom is 0.255 e. The number of nitrogens with zero attached hydrogens (tertiary/aromatic N) is 2. The molecule has 6 rings (SSSR count). The maximum atomic E-state index is 13.2. The second-order valence-electron chi connectivity index (χ2n) is 10.5. The van der Waals surface area contributed by atoms with Crippen molar-refractivity contribution < 1.29 is 24.2 Å². The summed E-state index contributed by atoms with van der Waals surface area (Å²) in [6, 6.07) is 29.8. The molecule has 1 fully saturated rings. The Balaban J connectivity index is 1.26. The van der Waals surface area contributed by atoms with Crippen molar-refractivity contribution in [3.8, 4) is 0 Å². The zero-order valence-electron chi connectivity index (χ0n) is 23.1. The molecule has 42 heavy (non-hydrogen) atoms. The standard InChI is InChI=1S/C34H31N3O5/c1-22(39)25-6-5-9-28(17-25)36-33(40)26-7-4-8-27(16-26)34-41-29(19-37-21-35-30-10-2-3-11-31(30)37)18-32(42-34)24-14-12-23(20-38)13-15-24/h2-17,21,29,32,34,38H,18-20H2,1H3,(H,36,40). The summed E-state index contributed by atoms with van der Waals surface area (Å²) in [5, 5.41) is 12.4. The Hall–Kier alpha value is -4.63. The van der Waals surface area contributed by atoms with Gasteiger partial charge in [0, 0.05) is 28.8 Å². The highest BCUT2D eigenvalue weighted by molar-refractivity contribution is 6.05. The predicted octanol–water partition coefficient (Wildman–Crippen LogP) is 6.23. The van der Waals surface area contributed by atoms with Gasteiger partial charge in [-0.2, -0.15) is 0 Å². The third kappa shape index (κ3) is 6.01. The van der Waals surface area contributed by atoms with Crippen molar-refractivity contribution in [3.05, 3.63) is 131 Å². The van der Waals surface area contributed by atoms with Crippen molar-refractivity contribution >= 4 is 28.4 Å².